The molecule has 27 heavy (non-hydrogen) atoms. The summed E-state index contributed by atoms with van der Waals surface area (Å²) in [6, 6.07) is 6.45. The molecule has 0 radical (unpaired) electrons. The molecular weight excluding hydrogens is 342 g/mol. The van der Waals surface area contributed by atoms with Gasteiger partial charge < -0.3 is 15.5 Å². The first-order valence-corrected chi connectivity index (χ1v) is 9.21. The lowest BCUT2D eigenvalue weighted by molar-refractivity contribution is -0.119. The van der Waals surface area contributed by atoms with Crippen LogP contribution in [0, 0.1) is 17.3 Å². The molecule has 7 heteroatoms. The molecule has 1 aliphatic rings. The second-order valence-corrected chi connectivity index (χ2v) is 6.69. The van der Waals surface area contributed by atoms with Crippen molar-refractivity contribution in [2.45, 2.75) is 39.3 Å². The SMILES string of the molecule is CCCN(CCNC(C)C)C(=N)c1ccc(C#C[C@@H]2NC(=O)NC2=O)cc1. The third-order valence-corrected chi connectivity index (χ3v) is 4.04. The van der Waals surface area contributed by atoms with Crippen LogP contribution in [0.2, 0.25) is 0 Å². The minimum absolute atomic E-state index is 0.423. The van der Waals surface area contributed by atoms with Crippen molar-refractivity contribution in [3.8, 4) is 11.8 Å². The van der Waals surface area contributed by atoms with Gasteiger partial charge in [0.2, 0.25) is 0 Å². The Balaban J connectivity index is 2.01. The summed E-state index contributed by atoms with van der Waals surface area (Å²) in [6.07, 6.45) is 0.975. The molecule has 0 bridgehead atoms. The third-order valence-electron chi connectivity index (χ3n) is 4.04. The second kappa shape index (κ2) is 9.74. The fraction of sp³-hybridized carbons (Fsp3) is 0.450. The van der Waals surface area contributed by atoms with Crippen molar-refractivity contribution < 1.29 is 9.59 Å². The normalized spacial score (nSPS) is 15.8. The van der Waals surface area contributed by atoms with Gasteiger partial charge >= 0.3 is 6.03 Å². The van der Waals surface area contributed by atoms with Crippen molar-refractivity contribution in [1.82, 2.24) is 20.9 Å². The summed E-state index contributed by atoms with van der Waals surface area (Å²) in [5.41, 5.74) is 1.55. The second-order valence-electron chi connectivity index (χ2n) is 6.69. The molecule has 1 aliphatic heterocycles. The Morgan fingerprint density at radius 3 is 2.52 bits per heavy atom. The zero-order chi connectivity index (χ0) is 19.8. The van der Waals surface area contributed by atoms with Crippen molar-refractivity contribution in [2.75, 3.05) is 19.6 Å². The van der Waals surface area contributed by atoms with E-state index in [-0.39, 0.29) is 0 Å². The van der Waals surface area contributed by atoms with Crippen molar-refractivity contribution >= 4 is 17.8 Å². The zero-order valence-electron chi connectivity index (χ0n) is 16.1. The Kier molecular flexibility index (Phi) is 7.38. The summed E-state index contributed by atoms with van der Waals surface area (Å²) in [4.78, 5) is 24.6. The molecule has 0 aromatic heterocycles. The van der Waals surface area contributed by atoms with Crippen molar-refractivity contribution in [1.29, 1.82) is 5.41 Å². The smallest absolute Gasteiger partial charge is 0.322 e. The Morgan fingerprint density at radius 1 is 1.26 bits per heavy atom. The molecule has 2 rings (SSSR count). The maximum atomic E-state index is 11.5. The van der Waals surface area contributed by atoms with E-state index in [2.05, 4.69) is 53.5 Å². The highest BCUT2D eigenvalue weighted by Gasteiger charge is 2.27. The zero-order valence-corrected chi connectivity index (χ0v) is 16.1. The molecule has 0 unspecified atom stereocenters. The number of hydrogen-bond donors (Lipinski definition) is 4. The molecule has 1 atom stereocenters. The average molecular weight is 369 g/mol. The van der Waals surface area contributed by atoms with Crippen molar-refractivity contribution in [2.24, 2.45) is 0 Å². The van der Waals surface area contributed by atoms with E-state index in [0.29, 0.717) is 11.9 Å². The van der Waals surface area contributed by atoms with Crippen LogP contribution < -0.4 is 16.0 Å². The maximum absolute atomic E-state index is 11.5. The van der Waals surface area contributed by atoms with Gasteiger partial charge in [-0.05, 0) is 18.6 Å². The molecule has 7 nitrogen and oxygen atoms in total. The number of amides is 3. The van der Waals surface area contributed by atoms with Crippen LogP contribution in [-0.4, -0.2) is 54.4 Å². The molecular formula is C20H27N5O2. The Labute approximate surface area is 160 Å². The summed E-state index contributed by atoms with van der Waals surface area (Å²) in [5.74, 6) is 5.68. The molecule has 1 fully saturated rings. The third kappa shape index (κ3) is 6.12. The van der Waals surface area contributed by atoms with Gasteiger partial charge in [-0.3, -0.25) is 15.5 Å². The Morgan fingerprint density at radius 2 is 1.96 bits per heavy atom. The first-order chi connectivity index (χ1) is 12.9. The van der Waals surface area contributed by atoms with Crippen LogP contribution in [-0.2, 0) is 4.79 Å². The Bertz CT molecular complexity index is 746. The largest absolute Gasteiger partial charge is 0.355 e. The monoisotopic (exact) mass is 369 g/mol. The molecule has 1 heterocycles. The predicted octanol–water partition coefficient (Wildman–Crippen LogP) is 1.28. The lowest BCUT2D eigenvalue weighted by Crippen LogP contribution is -2.39. The van der Waals surface area contributed by atoms with Gasteiger partial charge in [-0.25, -0.2) is 4.79 Å². The van der Waals surface area contributed by atoms with Crippen LogP contribution in [0.3, 0.4) is 0 Å². The number of hydrogen-bond acceptors (Lipinski definition) is 4. The van der Waals surface area contributed by atoms with Crippen LogP contribution in [0.4, 0.5) is 4.79 Å². The lowest BCUT2D eigenvalue weighted by atomic mass is 10.1. The van der Waals surface area contributed by atoms with E-state index >= 15 is 0 Å². The molecule has 0 saturated carbocycles. The highest BCUT2D eigenvalue weighted by molar-refractivity contribution is 6.05. The quantitative estimate of drug-likeness (QED) is 0.252. The average Bonchev–Trinajstić information content (AvgIpc) is 2.96. The van der Waals surface area contributed by atoms with Gasteiger partial charge in [-0.1, -0.05) is 44.7 Å². The fourth-order valence-corrected chi connectivity index (χ4v) is 2.66. The molecule has 3 amide bonds. The minimum Gasteiger partial charge on any atom is -0.355 e. The highest BCUT2D eigenvalue weighted by atomic mass is 16.2. The van der Waals surface area contributed by atoms with E-state index in [0.717, 1.165) is 37.2 Å². The van der Waals surface area contributed by atoms with Gasteiger partial charge in [0, 0.05) is 36.8 Å². The van der Waals surface area contributed by atoms with Gasteiger partial charge in [0.05, 0.1) is 0 Å². The van der Waals surface area contributed by atoms with Gasteiger partial charge in [0.15, 0.2) is 6.04 Å². The number of nitrogens with one attached hydrogen (secondary N) is 4. The molecule has 4 N–H and O–H groups in total. The van der Waals surface area contributed by atoms with Crippen LogP contribution in [0.5, 0.6) is 0 Å². The van der Waals surface area contributed by atoms with E-state index < -0.39 is 18.0 Å². The first kappa shape index (κ1) is 20.5. The van der Waals surface area contributed by atoms with Crippen molar-refractivity contribution in [3.63, 3.8) is 0 Å². The van der Waals surface area contributed by atoms with E-state index in [1.165, 1.54) is 0 Å². The first-order valence-electron chi connectivity index (χ1n) is 9.21. The summed E-state index contributed by atoms with van der Waals surface area (Å²) in [5, 5.41) is 16.5. The number of rotatable bonds is 7. The number of imide groups is 1. The topological polar surface area (TPSA) is 97.3 Å². The number of nitrogens with zero attached hydrogens (tertiary/aromatic N) is 1. The standard InChI is InChI=1S/C20H27N5O2/c1-4-12-25(13-11-22-14(2)3)18(21)16-8-5-15(6-9-16)7-10-17-19(26)24-20(27)23-17/h5-6,8-9,14,17,21-22H,4,11-13H2,1-3H3,(H2,23,24,26,27)/t17-/m0/s1. The molecule has 1 aromatic carbocycles. The number of carbonyl (C=O) groups is 2. The Hall–Kier alpha value is -2.85. The van der Waals surface area contributed by atoms with Crippen LogP contribution >= 0.6 is 0 Å². The number of carbonyl (C=O) groups excluding carboxylic acids is 2. The molecule has 144 valence electrons. The van der Waals surface area contributed by atoms with E-state index in [9.17, 15) is 9.59 Å². The maximum Gasteiger partial charge on any atom is 0.322 e. The summed E-state index contributed by atoms with van der Waals surface area (Å²) >= 11 is 0. The highest BCUT2D eigenvalue weighted by Crippen LogP contribution is 2.08. The van der Waals surface area contributed by atoms with E-state index in [1.807, 2.05) is 24.3 Å². The summed E-state index contributed by atoms with van der Waals surface area (Å²) < 4.78 is 0. The summed E-state index contributed by atoms with van der Waals surface area (Å²) in [7, 11) is 0. The predicted molar refractivity (Wildman–Crippen MR) is 106 cm³/mol. The van der Waals surface area contributed by atoms with Crippen LogP contribution in [0.25, 0.3) is 0 Å². The number of urea groups is 1. The van der Waals surface area contributed by atoms with Gasteiger partial charge in [-0.2, -0.15) is 0 Å². The van der Waals surface area contributed by atoms with E-state index in [1.54, 1.807) is 0 Å². The van der Waals surface area contributed by atoms with Gasteiger partial charge in [0.1, 0.15) is 5.84 Å². The number of amidine groups is 1. The molecule has 0 aliphatic carbocycles. The molecule has 0 spiro atoms. The van der Waals surface area contributed by atoms with Gasteiger partial charge in [0.25, 0.3) is 5.91 Å². The van der Waals surface area contributed by atoms with Crippen molar-refractivity contribution in [3.05, 3.63) is 35.4 Å². The van der Waals surface area contributed by atoms with Crippen LogP contribution in [0.1, 0.15) is 38.3 Å². The lowest BCUT2D eigenvalue weighted by Gasteiger charge is -2.25. The molecule has 1 saturated heterocycles. The van der Waals surface area contributed by atoms with Crippen LogP contribution in [0.15, 0.2) is 24.3 Å². The van der Waals surface area contributed by atoms with E-state index in [4.69, 9.17) is 5.41 Å². The number of benzene rings is 1. The minimum atomic E-state index is -0.816. The van der Waals surface area contributed by atoms with Gasteiger partial charge in [-0.15, -0.1) is 0 Å². The fourth-order valence-electron chi connectivity index (χ4n) is 2.66. The summed E-state index contributed by atoms with van der Waals surface area (Å²) in [6.45, 7) is 8.76. The molecule has 1 aromatic rings.